The monoisotopic (exact) mass is 382 g/mol. The number of thioether (sulfide) groups is 1. The van der Waals surface area contributed by atoms with Gasteiger partial charge < -0.3 is 10.1 Å². The van der Waals surface area contributed by atoms with Crippen molar-refractivity contribution in [1.82, 2.24) is 19.9 Å². The normalized spacial score (nSPS) is 10.6. The number of carbonyl (C=O) groups is 1. The summed E-state index contributed by atoms with van der Waals surface area (Å²) in [7, 11) is 1.57. The van der Waals surface area contributed by atoms with Gasteiger partial charge in [0.25, 0.3) is 0 Å². The summed E-state index contributed by atoms with van der Waals surface area (Å²) < 4.78 is 7.05. The zero-order valence-corrected chi connectivity index (χ0v) is 16.4. The quantitative estimate of drug-likeness (QED) is 0.635. The van der Waals surface area contributed by atoms with Crippen LogP contribution in [0.5, 0.6) is 5.88 Å². The number of imidazole rings is 1. The van der Waals surface area contributed by atoms with Gasteiger partial charge in [0.2, 0.25) is 11.8 Å². The summed E-state index contributed by atoms with van der Waals surface area (Å²) in [6, 6.07) is 9.83. The molecule has 2 aromatic heterocycles. The molecule has 0 aliphatic heterocycles. The van der Waals surface area contributed by atoms with Crippen LogP contribution in [0.15, 0.2) is 54.1 Å². The lowest BCUT2D eigenvalue weighted by Gasteiger charge is -2.12. The third-order valence-electron chi connectivity index (χ3n) is 4.27. The predicted octanol–water partition coefficient (Wildman–Crippen LogP) is 3.30. The maximum absolute atomic E-state index is 12.2. The molecule has 0 saturated heterocycles. The molecule has 1 amide bonds. The molecule has 0 bridgehead atoms. The third kappa shape index (κ3) is 4.68. The van der Waals surface area contributed by atoms with Gasteiger partial charge in [-0.05, 0) is 36.6 Å². The standard InChI is InChI=1S/C20H22N4O2S/c1-14-5-4-6-17(15(14)2)24-10-9-21-20(24)27-13-18(25)22-11-16-7-8-19(26-3)23-12-16/h4-10,12H,11,13H2,1-3H3,(H,22,25). The highest BCUT2D eigenvalue weighted by Gasteiger charge is 2.11. The number of nitrogens with zero attached hydrogens (tertiary/aromatic N) is 3. The second-order valence-electron chi connectivity index (χ2n) is 6.07. The zero-order chi connectivity index (χ0) is 19.2. The highest BCUT2D eigenvalue weighted by molar-refractivity contribution is 7.99. The summed E-state index contributed by atoms with van der Waals surface area (Å²) >= 11 is 1.42. The molecule has 7 heteroatoms. The van der Waals surface area contributed by atoms with E-state index in [9.17, 15) is 4.79 Å². The number of hydrogen-bond donors (Lipinski definition) is 1. The Bertz CT molecular complexity index is 922. The predicted molar refractivity (Wildman–Crippen MR) is 106 cm³/mol. The molecule has 0 fully saturated rings. The average Bonchev–Trinajstić information content (AvgIpc) is 3.15. The Morgan fingerprint density at radius 3 is 2.81 bits per heavy atom. The Morgan fingerprint density at radius 2 is 2.07 bits per heavy atom. The first-order chi connectivity index (χ1) is 13.1. The number of nitrogens with one attached hydrogen (secondary N) is 1. The van der Waals surface area contributed by atoms with E-state index in [0.29, 0.717) is 18.2 Å². The van der Waals surface area contributed by atoms with E-state index in [1.54, 1.807) is 25.6 Å². The minimum absolute atomic E-state index is 0.0497. The molecule has 2 heterocycles. The Hall–Kier alpha value is -2.80. The van der Waals surface area contributed by atoms with Crippen molar-refractivity contribution in [3.8, 4) is 11.6 Å². The summed E-state index contributed by atoms with van der Waals surface area (Å²) in [4.78, 5) is 20.7. The van der Waals surface area contributed by atoms with Gasteiger partial charge in [0.1, 0.15) is 0 Å². The largest absolute Gasteiger partial charge is 0.481 e. The van der Waals surface area contributed by atoms with Crippen molar-refractivity contribution >= 4 is 17.7 Å². The number of rotatable bonds is 7. The Morgan fingerprint density at radius 1 is 1.22 bits per heavy atom. The zero-order valence-electron chi connectivity index (χ0n) is 15.6. The fraction of sp³-hybridized carbons (Fsp3) is 0.250. The number of aromatic nitrogens is 3. The van der Waals surface area contributed by atoms with Gasteiger partial charge in [-0.25, -0.2) is 9.97 Å². The maximum atomic E-state index is 12.2. The van der Waals surface area contributed by atoms with E-state index in [4.69, 9.17) is 4.74 Å². The first-order valence-corrected chi connectivity index (χ1v) is 9.55. The summed E-state index contributed by atoms with van der Waals surface area (Å²) in [6.45, 7) is 4.61. The molecule has 0 spiro atoms. The minimum Gasteiger partial charge on any atom is -0.481 e. The number of hydrogen-bond acceptors (Lipinski definition) is 5. The first-order valence-electron chi connectivity index (χ1n) is 8.57. The number of pyridine rings is 1. The van der Waals surface area contributed by atoms with Gasteiger partial charge in [-0.3, -0.25) is 9.36 Å². The number of carbonyl (C=O) groups excluding carboxylic acids is 1. The molecule has 3 rings (SSSR count). The van der Waals surface area contributed by atoms with E-state index < -0.39 is 0 Å². The number of aryl methyl sites for hydroxylation is 1. The van der Waals surface area contributed by atoms with Gasteiger partial charge in [-0.1, -0.05) is 30.0 Å². The van der Waals surface area contributed by atoms with Crippen LogP contribution in [0, 0.1) is 13.8 Å². The van der Waals surface area contributed by atoms with Crippen LogP contribution in [0.1, 0.15) is 16.7 Å². The number of amides is 1. The van der Waals surface area contributed by atoms with Gasteiger partial charge in [-0.2, -0.15) is 0 Å². The molecule has 3 aromatic rings. The van der Waals surface area contributed by atoms with Crippen LogP contribution in [0.2, 0.25) is 0 Å². The Kier molecular flexibility index (Phi) is 6.13. The summed E-state index contributed by atoms with van der Waals surface area (Å²) in [5.74, 6) is 0.802. The molecule has 0 radical (unpaired) electrons. The maximum Gasteiger partial charge on any atom is 0.230 e. The molecule has 1 N–H and O–H groups in total. The van der Waals surface area contributed by atoms with Crippen molar-refractivity contribution in [3.63, 3.8) is 0 Å². The summed E-state index contributed by atoms with van der Waals surface area (Å²) in [6.07, 6.45) is 5.37. The highest BCUT2D eigenvalue weighted by Crippen LogP contribution is 2.24. The third-order valence-corrected chi connectivity index (χ3v) is 5.24. The lowest BCUT2D eigenvalue weighted by atomic mass is 10.1. The fourth-order valence-electron chi connectivity index (χ4n) is 2.59. The van der Waals surface area contributed by atoms with Crippen molar-refractivity contribution in [2.24, 2.45) is 0 Å². The molecular weight excluding hydrogens is 360 g/mol. The summed E-state index contributed by atoms with van der Waals surface area (Å²) in [5, 5.41) is 3.70. The van der Waals surface area contributed by atoms with E-state index in [1.165, 1.54) is 22.9 Å². The van der Waals surface area contributed by atoms with Crippen molar-refractivity contribution < 1.29 is 9.53 Å². The molecule has 0 aliphatic rings. The smallest absolute Gasteiger partial charge is 0.230 e. The molecule has 1 aromatic carbocycles. The Balaban J connectivity index is 1.58. The van der Waals surface area contributed by atoms with E-state index in [2.05, 4.69) is 41.3 Å². The van der Waals surface area contributed by atoms with E-state index in [0.717, 1.165) is 16.4 Å². The number of ether oxygens (including phenoxy) is 1. The summed E-state index contributed by atoms with van der Waals surface area (Å²) in [5.41, 5.74) is 4.43. The van der Waals surface area contributed by atoms with Crippen LogP contribution >= 0.6 is 11.8 Å². The molecule has 0 atom stereocenters. The topological polar surface area (TPSA) is 69.0 Å². The average molecular weight is 382 g/mol. The van der Waals surface area contributed by atoms with E-state index >= 15 is 0 Å². The lowest BCUT2D eigenvalue weighted by molar-refractivity contribution is -0.118. The van der Waals surface area contributed by atoms with Crippen molar-refractivity contribution in [1.29, 1.82) is 0 Å². The first kappa shape index (κ1) is 19.0. The molecule has 0 saturated carbocycles. The van der Waals surface area contributed by atoms with Crippen LogP contribution < -0.4 is 10.1 Å². The highest BCUT2D eigenvalue weighted by atomic mass is 32.2. The second-order valence-corrected chi connectivity index (χ2v) is 7.02. The SMILES string of the molecule is COc1ccc(CNC(=O)CSc2nccn2-c2cccc(C)c2C)cn1. The number of methoxy groups -OCH3 is 1. The molecular formula is C20H22N4O2S. The van der Waals surface area contributed by atoms with Crippen LogP contribution in [-0.4, -0.2) is 33.3 Å². The fourth-order valence-corrected chi connectivity index (χ4v) is 3.39. The molecule has 27 heavy (non-hydrogen) atoms. The van der Waals surface area contributed by atoms with Crippen LogP contribution in [0.3, 0.4) is 0 Å². The number of benzene rings is 1. The minimum atomic E-state index is -0.0497. The van der Waals surface area contributed by atoms with Gasteiger partial charge >= 0.3 is 0 Å². The van der Waals surface area contributed by atoms with Crippen molar-refractivity contribution in [2.75, 3.05) is 12.9 Å². The van der Waals surface area contributed by atoms with Crippen LogP contribution in [-0.2, 0) is 11.3 Å². The second kappa shape index (κ2) is 8.73. The van der Waals surface area contributed by atoms with E-state index in [-0.39, 0.29) is 5.91 Å². The van der Waals surface area contributed by atoms with Gasteiger partial charge in [-0.15, -0.1) is 0 Å². The molecule has 0 aliphatic carbocycles. The molecule has 0 unspecified atom stereocenters. The Labute approximate surface area is 163 Å². The van der Waals surface area contributed by atoms with Gasteiger partial charge in [0.15, 0.2) is 5.16 Å². The van der Waals surface area contributed by atoms with Crippen LogP contribution in [0.4, 0.5) is 0 Å². The van der Waals surface area contributed by atoms with Gasteiger partial charge in [0, 0.05) is 31.2 Å². The molecule has 6 nitrogen and oxygen atoms in total. The lowest BCUT2D eigenvalue weighted by Crippen LogP contribution is -2.24. The molecule has 140 valence electrons. The van der Waals surface area contributed by atoms with E-state index in [1.807, 2.05) is 22.9 Å². The van der Waals surface area contributed by atoms with Gasteiger partial charge in [0.05, 0.1) is 18.6 Å². The van der Waals surface area contributed by atoms with Crippen molar-refractivity contribution in [2.45, 2.75) is 25.5 Å². The van der Waals surface area contributed by atoms with Crippen LogP contribution in [0.25, 0.3) is 5.69 Å². The van der Waals surface area contributed by atoms with Crippen molar-refractivity contribution in [3.05, 3.63) is 65.6 Å².